The maximum absolute atomic E-state index is 14.4. The molecule has 27 heavy (non-hydrogen) atoms. The van der Waals surface area contributed by atoms with Crippen molar-refractivity contribution in [3.05, 3.63) is 76.1 Å². The second kappa shape index (κ2) is 7.95. The molecule has 0 unspecified atom stereocenters. The minimum absolute atomic E-state index is 0.123. The van der Waals surface area contributed by atoms with Gasteiger partial charge in [0.1, 0.15) is 11.6 Å². The standard InChI is InChI=1S/C21H19FN2O3/c1-3-19-23-18-13-17(22)14(10-11-20(25)27-4-2)12-16(18)21(26)24(19)15-8-6-5-7-9-15/h5-13H,3-4H2,1-2H3/b11-10+. The molecule has 0 fully saturated rings. The highest BCUT2D eigenvalue weighted by molar-refractivity contribution is 5.88. The van der Waals surface area contributed by atoms with Gasteiger partial charge in [-0.05, 0) is 31.2 Å². The van der Waals surface area contributed by atoms with E-state index in [9.17, 15) is 14.0 Å². The SMILES string of the molecule is CCOC(=O)/C=C/c1cc2c(=O)n(-c3ccccc3)c(CC)nc2cc1F. The number of para-hydroxylation sites is 1. The van der Waals surface area contributed by atoms with Gasteiger partial charge in [-0.15, -0.1) is 0 Å². The van der Waals surface area contributed by atoms with Crippen LogP contribution in [-0.4, -0.2) is 22.1 Å². The largest absolute Gasteiger partial charge is 0.463 e. The Balaban J connectivity index is 2.19. The van der Waals surface area contributed by atoms with E-state index < -0.39 is 11.8 Å². The van der Waals surface area contributed by atoms with Crippen molar-refractivity contribution >= 4 is 22.9 Å². The van der Waals surface area contributed by atoms with Crippen LogP contribution in [-0.2, 0) is 16.0 Å². The van der Waals surface area contributed by atoms with Gasteiger partial charge in [0, 0.05) is 24.1 Å². The van der Waals surface area contributed by atoms with Crippen molar-refractivity contribution in [3.63, 3.8) is 0 Å². The number of aromatic nitrogens is 2. The fourth-order valence-electron chi connectivity index (χ4n) is 2.83. The number of aryl methyl sites for hydroxylation is 1. The summed E-state index contributed by atoms with van der Waals surface area (Å²) in [4.78, 5) is 29.0. The lowest BCUT2D eigenvalue weighted by Crippen LogP contribution is -2.23. The number of nitrogens with zero attached hydrogens (tertiary/aromatic N) is 2. The second-order valence-electron chi connectivity index (χ2n) is 5.83. The Morgan fingerprint density at radius 1 is 1.22 bits per heavy atom. The number of hydrogen-bond acceptors (Lipinski definition) is 4. The summed E-state index contributed by atoms with van der Waals surface area (Å²) < 4.78 is 20.7. The molecule has 0 spiro atoms. The smallest absolute Gasteiger partial charge is 0.330 e. The number of esters is 1. The zero-order chi connectivity index (χ0) is 19.4. The molecule has 5 nitrogen and oxygen atoms in total. The van der Waals surface area contributed by atoms with E-state index in [2.05, 4.69) is 4.98 Å². The van der Waals surface area contributed by atoms with Gasteiger partial charge in [0.15, 0.2) is 0 Å². The molecule has 0 bridgehead atoms. The van der Waals surface area contributed by atoms with E-state index in [4.69, 9.17) is 4.74 Å². The molecule has 3 rings (SSSR count). The van der Waals surface area contributed by atoms with Crippen LogP contribution in [0, 0.1) is 5.82 Å². The van der Waals surface area contributed by atoms with Gasteiger partial charge >= 0.3 is 5.97 Å². The summed E-state index contributed by atoms with van der Waals surface area (Å²) in [5.41, 5.74) is 0.823. The van der Waals surface area contributed by atoms with Gasteiger partial charge in [0.05, 0.1) is 23.2 Å². The van der Waals surface area contributed by atoms with Crippen molar-refractivity contribution < 1.29 is 13.9 Å². The van der Waals surface area contributed by atoms with E-state index in [-0.39, 0.29) is 28.6 Å². The normalized spacial score (nSPS) is 11.2. The Hall–Kier alpha value is -3.28. The number of halogens is 1. The molecule has 0 radical (unpaired) electrons. The predicted octanol–water partition coefficient (Wildman–Crippen LogP) is 3.66. The Morgan fingerprint density at radius 2 is 1.96 bits per heavy atom. The summed E-state index contributed by atoms with van der Waals surface area (Å²) in [6, 6.07) is 11.8. The first kappa shape index (κ1) is 18.5. The molecule has 3 aromatic rings. The summed E-state index contributed by atoms with van der Waals surface area (Å²) >= 11 is 0. The maximum Gasteiger partial charge on any atom is 0.330 e. The molecule has 0 aliphatic heterocycles. The average molecular weight is 366 g/mol. The highest BCUT2D eigenvalue weighted by Gasteiger charge is 2.14. The maximum atomic E-state index is 14.4. The van der Waals surface area contributed by atoms with Crippen molar-refractivity contribution in [1.82, 2.24) is 9.55 Å². The van der Waals surface area contributed by atoms with E-state index in [1.54, 1.807) is 6.92 Å². The third-order valence-electron chi connectivity index (χ3n) is 4.07. The minimum atomic E-state index is -0.571. The van der Waals surface area contributed by atoms with Gasteiger partial charge in [0.25, 0.3) is 5.56 Å². The number of hydrogen-bond donors (Lipinski definition) is 0. The molecule has 2 aromatic carbocycles. The highest BCUT2D eigenvalue weighted by Crippen LogP contribution is 2.19. The van der Waals surface area contributed by atoms with E-state index in [1.165, 1.54) is 22.8 Å². The van der Waals surface area contributed by atoms with Gasteiger partial charge in [0.2, 0.25) is 0 Å². The lowest BCUT2D eigenvalue weighted by Gasteiger charge is -2.13. The molecule has 0 amide bonds. The van der Waals surface area contributed by atoms with Crippen LogP contribution in [0.1, 0.15) is 25.2 Å². The number of carbonyl (C=O) groups excluding carboxylic acids is 1. The zero-order valence-corrected chi connectivity index (χ0v) is 15.1. The van der Waals surface area contributed by atoms with Crippen molar-refractivity contribution in [3.8, 4) is 5.69 Å². The molecule has 1 heterocycles. The number of ether oxygens (including phenoxy) is 1. The fraction of sp³-hybridized carbons (Fsp3) is 0.190. The van der Waals surface area contributed by atoms with Crippen LogP contribution < -0.4 is 5.56 Å². The van der Waals surface area contributed by atoms with Gasteiger partial charge in [-0.1, -0.05) is 25.1 Å². The first-order valence-electron chi connectivity index (χ1n) is 8.70. The molecule has 0 aliphatic rings. The topological polar surface area (TPSA) is 61.2 Å². The molecule has 0 atom stereocenters. The number of rotatable bonds is 5. The van der Waals surface area contributed by atoms with Crippen LogP contribution in [0.3, 0.4) is 0 Å². The van der Waals surface area contributed by atoms with Crippen molar-refractivity contribution in [2.75, 3.05) is 6.61 Å². The quantitative estimate of drug-likeness (QED) is 0.511. The van der Waals surface area contributed by atoms with Crippen LogP contribution in [0.4, 0.5) is 4.39 Å². The van der Waals surface area contributed by atoms with Crippen LogP contribution in [0.25, 0.3) is 22.7 Å². The van der Waals surface area contributed by atoms with E-state index in [0.29, 0.717) is 17.9 Å². The molecule has 138 valence electrons. The van der Waals surface area contributed by atoms with E-state index in [1.807, 2.05) is 37.3 Å². The Kier molecular flexibility index (Phi) is 5.45. The number of fused-ring (bicyclic) bond motifs is 1. The second-order valence-corrected chi connectivity index (χ2v) is 5.83. The zero-order valence-electron chi connectivity index (χ0n) is 15.1. The van der Waals surface area contributed by atoms with E-state index in [0.717, 1.165) is 6.08 Å². The summed E-state index contributed by atoms with van der Waals surface area (Å²) in [7, 11) is 0. The van der Waals surface area contributed by atoms with Crippen LogP contribution in [0.5, 0.6) is 0 Å². The Bertz CT molecular complexity index is 1070. The minimum Gasteiger partial charge on any atom is -0.463 e. The molecular formula is C21H19FN2O3. The molecule has 1 aromatic heterocycles. The van der Waals surface area contributed by atoms with Gasteiger partial charge in [-0.25, -0.2) is 14.2 Å². The lowest BCUT2D eigenvalue weighted by molar-refractivity contribution is -0.137. The van der Waals surface area contributed by atoms with Gasteiger partial charge in [-0.3, -0.25) is 9.36 Å². The van der Waals surface area contributed by atoms with Crippen LogP contribution in [0.15, 0.2) is 53.3 Å². The molecule has 0 saturated carbocycles. The van der Waals surface area contributed by atoms with E-state index >= 15 is 0 Å². The predicted molar refractivity (Wildman–Crippen MR) is 102 cm³/mol. The Labute approximate surface area is 155 Å². The number of carbonyl (C=O) groups is 1. The molecule has 0 aliphatic carbocycles. The van der Waals surface area contributed by atoms with Crippen LogP contribution in [0.2, 0.25) is 0 Å². The molecular weight excluding hydrogens is 347 g/mol. The van der Waals surface area contributed by atoms with Gasteiger partial charge in [-0.2, -0.15) is 0 Å². The van der Waals surface area contributed by atoms with Crippen molar-refractivity contribution in [2.24, 2.45) is 0 Å². The van der Waals surface area contributed by atoms with Crippen molar-refractivity contribution in [2.45, 2.75) is 20.3 Å². The third kappa shape index (κ3) is 3.79. The molecule has 6 heteroatoms. The summed E-state index contributed by atoms with van der Waals surface area (Å²) in [6.45, 7) is 3.81. The first-order chi connectivity index (χ1) is 13.0. The lowest BCUT2D eigenvalue weighted by atomic mass is 10.1. The van der Waals surface area contributed by atoms with Gasteiger partial charge < -0.3 is 4.74 Å². The highest BCUT2D eigenvalue weighted by atomic mass is 19.1. The third-order valence-corrected chi connectivity index (χ3v) is 4.07. The average Bonchev–Trinajstić information content (AvgIpc) is 2.67. The van der Waals surface area contributed by atoms with Crippen molar-refractivity contribution in [1.29, 1.82) is 0 Å². The monoisotopic (exact) mass is 366 g/mol. The molecule has 0 N–H and O–H groups in total. The summed E-state index contributed by atoms with van der Waals surface area (Å²) in [5, 5.41) is 0.279. The fourth-order valence-corrected chi connectivity index (χ4v) is 2.83. The molecule has 0 saturated heterocycles. The Morgan fingerprint density at radius 3 is 2.63 bits per heavy atom. The number of benzene rings is 2. The first-order valence-corrected chi connectivity index (χ1v) is 8.70. The van der Waals surface area contributed by atoms with Crippen LogP contribution >= 0.6 is 0 Å². The summed E-state index contributed by atoms with van der Waals surface area (Å²) in [5.74, 6) is -0.583. The summed E-state index contributed by atoms with van der Waals surface area (Å²) in [6.07, 6.45) is 2.95.